The minimum atomic E-state index is 0.980. The zero-order valence-electron chi connectivity index (χ0n) is 7.81. The highest BCUT2D eigenvalue weighted by Crippen LogP contribution is 2.26. The molecule has 0 radical (unpaired) electrons. The summed E-state index contributed by atoms with van der Waals surface area (Å²) in [6, 6.07) is 10.2. The van der Waals surface area contributed by atoms with Gasteiger partial charge < -0.3 is 0 Å². The molecule has 72 valence electrons. The molecule has 2 heterocycles. The number of pyridine rings is 2. The number of fused-ring (bicyclic) bond motifs is 3. The van der Waals surface area contributed by atoms with Gasteiger partial charge in [-0.2, -0.15) is 0 Å². The fraction of sp³-hybridized carbons (Fsp3) is 0. The van der Waals surface area contributed by atoms with Crippen LogP contribution in [0.1, 0.15) is 0 Å². The van der Waals surface area contributed by atoms with Gasteiger partial charge in [0.25, 0.3) is 0 Å². The van der Waals surface area contributed by atoms with E-state index in [2.05, 4.69) is 50.8 Å². The van der Waals surface area contributed by atoms with Crippen molar-refractivity contribution in [2.45, 2.75) is 0 Å². The first kappa shape index (κ1) is 9.03. The van der Waals surface area contributed by atoms with Gasteiger partial charge in [0.05, 0.1) is 11.0 Å². The molecule has 3 heteroatoms. The van der Waals surface area contributed by atoms with E-state index in [0.29, 0.717) is 0 Å². The standard InChI is InChI=1S/C12H7IN2/c13-10-7-8-3-1-5-14-11(8)12-9(10)4-2-6-15-12/h1-7H. The van der Waals surface area contributed by atoms with Crippen LogP contribution in [0.25, 0.3) is 21.8 Å². The minimum absolute atomic E-state index is 0.980. The van der Waals surface area contributed by atoms with Crippen molar-refractivity contribution < 1.29 is 0 Å². The lowest BCUT2D eigenvalue weighted by molar-refractivity contribution is 1.37. The molecule has 0 spiro atoms. The molecule has 0 aliphatic rings. The van der Waals surface area contributed by atoms with Crippen molar-refractivity contribution in [1.29, 1.82) is 0 Å². The fourth-order valence-corrected chi connectivity index (χ4v) is 2.50. The predicted molar refractivity (Wildman–Crippen MR) is 69.8 cm³/mol. The summed E-state index contributed by atoms with van der Waals surface area (Å²) in [7, 11) is 0. The van der Waals surface area contributed by atoms with Crippen molar-refractivity contribution in [3.8, 4) is 0 Å². The first-order chi connectivity index (χ1) is 7.36. The summed E-state index contributed by atoms with van der Waals surface area (Å²) >= 11 is 2.34. The maximum absolute atomic E-state index is 4.40. The summed E-state index contributed by atoms with van der Waals surface area (Å²) in [6.07, 6.45) is 3.62. The molecule has 0 saturated carbocycles. The van der Waals surface area contributed by atoms with Crippen LogP contribution >= 0.6 is 22.6 Å². The smallest absolute Gasteiger partial charge is 0.0975 e. The monoisotopic (exact) mass is 306 g/mol. The van der Waals surface area contributed by atoms with Crippen LogP contribution in [0.2, 0.25) is 0 Å². The molecule has 0 N–H and O–H groups in total. The van der Waals surface area contributed by atoms with Crippen molar-refractivity contribution in [2.75, 3.05) is 0 Å². The predicted octanol–water partition coefficient (Wildman–Crippen LogP) is 3.39. The summed E-state index contributed by atoms with van der Waals surface area (Å²) in [6.45, 7) is 0. The molecule has 0 amide bonds. The van der Waals surface area contributed by atoms with Crippen LogP contribution in [0.5, 0.6) is 0 Å². The van der Waals surface area contributed by atoms with E-state index in [1.54, 1.807) is 0 Å². The first-order valence-electron chi connectivity index (χ1n) is 4.64. The highest BCUT2D eigenvalue weighted by atomic mass is 127. The average Bonchev–Trinajstić information content (AvgIpc) is 2.30. The molecule has 0 aliphatic carbocycles. The summed E-state index contributed by atoms with van der Waals surface area (Å²) in [5.41, 5.74) is 1.97. The second-order valence-corrected chi connectivity index (χ2v) is 4.50. The third-order valence-corrected chi connectivity index (χ3v) is 3.30. The second kappa shape index (κ2) is 3.41. The third kappa shape index (κ3) is 1.38. The van der Waals surface area contributed by atoms with Gasteiger partial charge in [-0.15, -0.1) is 0 Å². The van der Waals surface area contributed by atoms with Gasteiger partial charge in [0.2, 0.25) is 0 Å². The lowest BCUT2D eigenvalue weighted by atomic mass is 10.1. The van der Waals surface area contributed by atoms with Gasteiger partial charge in [-0.3, -0.25) is 9.97 Å². The fourth-order valence-electron chi connectivity index (χ4n) is 1.73. The van der Waals surface area contributed by atoms with Crippen LogP contribution in [0.3, 0.4) is 0 Å². The molecule has 3 rings (SSSR count). The van der Waals surface area contributed by atoms with E-state index in [1.165, 1.54) is 8.96 Å². The van der Waals surface area contributed by atoms with Gasteiger partial charge in [0.15, 0.2) is 0 Å². The molecule has 15 heavy (non-hydrogen) atoms. The van der Waals surface area contributed by atoms with Crippen LogP contribution in [0, 0.1) is 3.57 Å². The Morgan fingerprint density at radius 3 is 2.53 bits per heavy atom. The number of rotatable bonds is 0. The van der Waals surface area contributed by atoms with E-state index < -0.39 is 0 Å². The topological polar surface area (TPSA) is 25.8 Å². The van der Waals surface area contributed by atoms with Crippen LogP contribution in [0.4, 0.5) is 0 Å². The third-order valence-electron chi connectivity index (χ3n) is 2.41. The summed E-state index contributed by atoms with van der Waals surface area (Å²) < 4.78 is 1.22. The Bertz CT molecular complexity index is 649. The van der Waals surface area contributed by atoms with E-state index in [9.17, 15) is 0 Å². The highest BCUT2D eigenvalue weighted by molar-refractivity contribution is 14.1. The zero-order valence-corrected chi connectivity index (χ0v) is 9.97. The molecule has 2 aromatic heterocycles. The maximum atomic E-state index is 4.40. The molecule has 0 unspecified atom stereocenters. The average molecular weight is 306 g/mol. The van der Waals surface area contributed by atoms with Gasteiger partial charge in [-0.05, 0) is 40.8 Å². The number of hydrogen-bond acceptors (Lipinski definition) is 2. The van der Waals surface area contributed by atoms with Crippen LogP contribution < -0.4 is 0 Å². The van der Waals surface area contributed by atoms with Crippen molar-refractivity contribution in [1.82, 2.24) is 9.97 Å². The summed E-state index contributed by atoms with van der Waals surface area (Å²) in [5, 5.41) is 2.32. The first-order valence-corrected chi connectivity index (χ1v) is 5.72. The molecule has 0 aliphatic heterocycles. The molecule has 1 aromatic carbocycles. The Labute approximate surface area is 100 Å². The largest absolute Gasteiger partial charge is 0.254 e. The molecule has 2 nitrogen and oxygen atoms in total. The molecule has 3 aromatic rings. The Kier molecular flexibility index (Phi) is 2.05. The lowest BCUT2D eigenvalue weighted by Crippen LogP contribution is -1.86. The zero-order chi connectivity index (χ0) is 10.3. The van der Waals surface area contributed by atoms with E-state index >= 15 is 0 Å². The van der Waals surface area contributed by atoms with Crippen molar-refractivity contribution in [2.24, 2.45) is 0 Å². The Hall–Kier alpha value is -1.23. The van der Waals surface area contributed by atoms with E-state index in [1.807, 2.05) is 24.5 Å². The number of nitrogens with zero attached hydrogens (tertiary/aromatic N) is 2. The molecule has 0 atom stereocenters. The van der Waals surface area contributed by atoms with E-state index in [-0.39, 0.29) is 0 Å². The molecular weight excluding hydrogens is 299 g/mol. The maximum Gasteiger partial charge on any atom is 0.0975 e. The molecule has 0 fully saturated rings. The van der Waals surface area contributed by atoms with Gasteiger partial charge in [-0.1, -0.05) is 12.1 Å². The quantitative estimate of drug-likeness (QED) is 0.470. The van der Waals surface area contributed by atoms with Crippen LogP contribution in [-0.2, 0) is 0 Å². The highest BCUT2D eigenvalue weighted by Gasteiger charge is 2.05. The molecular formula is C12H7IN2. The van der Waals surface area contributed by atoms with Gasteiger partial charge in [-0.25, -0.2) is 0 Å². The number of benzene rings is 1. The van der Waals surface area contributed by atoms with Crippen molar-refractivity contribution in [3.63, 3.8) is 0 Å². The minimum Gasteiger partial charge on any atom is -0.254 e. The van der Waals surface area contributed by atoms with E-state index in [4.69, 9.17) is 0 Å². The summed E-state index contributed by atoms with van der Waals surface area (Å²) in [5.74, 6) is 0. The SMILES string of the molecule is Ic1cc2cccnc2c2ncccc12. The Balaban J connectivity index is 2.64. The Morgan fingerprint density at radius 1 is 0.933 bits per heavy atom. The molecule has 0 saturated heterocycles. The van der Waals surface area contributed by atoms with E-state index in [0.717, 1.165) is 16.4 Å². The van der Waals surface area contributed by atoms with Crippen molar-refractivity contribution in [3.05, 3.63) is 46.3 Å². The molecule has 0 bridgehead atoms. The van der Waals surface area contributed by atoms with Gasteiger partial charge in [0, 0.05) is 26.7 Å². The van der Waals surface area contributed by atoms with Gasteiger partial charge in [0.1, 0.15) is 0 Å². The van der Waals surface area contributed by atoms with Crippen molar-refractivity contribution >= 4 is 44.4 Å². The van der Waals surface area contributed by atoms with Crippen LogP contribution in [0.15, 0.2) is 42.7 Å². The number of aromatic nitrogens is 2. The number of hydrogen-bond donors (Lipinski definition) is 0. The number of halogens is 1. The van der Waals surface area contributed by atoms with Gasteiger partial charge >= 0.3 is 0 Å². The summed E-state index contributed by atoms with van der Waals surface area (Å²) in [4.78, 5) is 8.79. The Morgan fingerprint density at radius 2 is 1.67 bits per heavy atom. The normalized spacial score (nSPS) is 11.0. The second-order valence-electron chi connectivity index (χ2n) is 3.33. The lowest BCUT2D eigenvalue weighted by Gasteiger charge is -2.03. The van der Waals surface area contributed by atoms with Crippen LogP contribution in [-0.4, -0.2) is 9.97 Å².